The van der Waals surface area contributed by atoms with Gasteiger partial charge in [0.2, 0.25) is 5.91 Å². The van der Waals surface area contributed by atoms with Crippen molar-refractivity contribution in [3.05, 3.63) is 46.5 Å². The third-order valence-electron chi connectivity index (χ3n) is 3.38. The second-order valence-corrected chi connectivity index (χ2v) is 6.26. The molecule has 0 aliphatic heterocycles. The van der Waals surface area contributed by atoms with E-state index in [1.54, 1.807) is 24.4 Å². The van der Waals surface area contributed by atoms with Gasteiger partial charge in [-0.05, 0) is 31.0 Å². The number of primary amides is 1. The van der Waals surface area contributed by atoms with Gasteiger partial charge in [0.1, 0.15) is 4.88 Å². The number of nitrogens with two attached hydrogens (primary N) is 1. The van der Waals surface area contributed by atoms with E-state index in [4.69, 9.17) is 5.73 Å². The molecule has 0 unspecified atom stereocenters. The molecule has 1 aromatic heterocycles. The average molecular weight is 332 g/mol. The van der Waals surface area contributed by atoms with Gasteiger partial charge in [-0.2, -0.15) is 0 Å². The van der Waals surface area contributed by atoms with Crippen molar-refractivity contribution in [1.29, 1.82) is 0 Å². The van der Waals surface area contributed by atoms with Crippen molar-refractivity contribution in [2.45, 2.75) is 32.9 Å². The number of hydrogen-bond acceptors (Lipinski definition) is 5. The maximum Gasteiger partial charge on any atom is 0.263 e. The second kappa shape index (κ2) is 7.73. The summed E-state index contributed by atoms with van der Waals surface area (Å²) in [4.78, 5) is 28.0. The van der Waals surface area contributed by atoms with Crippen LogP contribution in [0.15, 0.2) is 30.5 Å². The Bertz CT molecular complexity index is 699. The number of amides is 2. The average Bonchev–Trinajstić information content (AvgIpc) is 3.01. The fourth-order valence-corrected chi connectivity index (χ4v) is 2.71. The minimum absolute atomic E-state index is 0.191. The zero-order valence-corrected chi connectivity index (χ0v) is 13.9. The molecule has 0 spiro atoms. The number of benzene rings is 1. The molecule has 0 aliphatic carbocycles. The van der Waals surface area contributed by atoms with Gasteiger partial charge in [0.15, 0.2) is 5.13 Å². The Morgan fingerprint density at radius 3 is 2.87 bits per heavy atom. The number of carbonyl (C=O) groups is 2. The number of thiazole rings is 1. The lowest BCUT2D eigenvalue weighted by Crippen LogP contribution is -2.22. The third-order valence-corrected chi connectivity index (χ3v) is 4.30. The molecule has 1 atom stereocenters. The van der Waals surface area contributed by atoms with Crippen LogP contribution in [0.25, 0.3) is 0 Å². The number of nitrogens with one attached hydrogen (secondary N) is 2. The molecule has 0 radical (unpaired) electrons. The summed E-state index contributed by atoms with van der Waals surface area (Å²) in [7, 11) is 0. The number of nitrogens with zero attached hydrogens (tertiary/aromatic N) is 1. The molecule has 2 amide bonds. The molecule has 0 saturated carbocycles. The van der Waals surface area contributed by atoms with Gasteiger partial charge in [0.05, 0.1) is 6.20 Å². The minimum atomic E-state index is -0.485. The first kappa shape index (κ1) is 17.0. The van der Waals surface area contributed by atoms with E-state index >= 15 is 0 Å². The molecule has 1 aromatic carbocycles. The van der Waals surface area contributed by atoms with E-state index in [0.717, 1.165) is 17.1 Å². The molecule has 7 heteroatoms. The second-order valence-electron chi connectivity index (χ2n) is 5.23. The van der Waals surface area contributed by atoms with E-state index in [0.29, 0.717) is 23.0 Å². The Labute approximate surface area is 139 Å². The summed E-state index contributed by atoms with van der Waals surface area (Å²) in [5, 5.41) is 6.79. The zero-order valence-electron chi connectivity index (χ0n) is 13.1. The first-order chi connectivity index (χ1) is 11.0. The van der Waals surface area contributed by atoms with Crippen molar-refractivity contribution in [2.24, 2.45) is 5.73 Å². The van der Waals surface area contributed by atoms with Crippen molar-refractivity contribution in [3.8, 4) is 0 Å². The summed E-state index contributed by atoms with van der Waals surface area (Å²) in [5.41, 5.74) is 6.49. The first-order valence-electron chi connectivity index (χ1n) is 7.39. The molecule has 0 bridgehead atoms. The number of aromatic nitrogens is 1. The van der Waals surface area contributed by atoms with Crippen LogP contribution in [0.5, 0.6) is 0 Å². The van der Waals surface area contributed by atoms with E-state index < -0.39 is 5.91 Å². The molecule has 0 aliphatic rings. The molecule has 1 heterocycles. The van der Waals surface area contributed by atoms with Crippen LogP contribution in [0.4, 0.5) is 5.13 Å². The summed E-state index contributed by atoms with van der Waals surface area (Å²) < 4.78 is 0. The molecular formula is C16H20N4O2S. The third kappa shape index (κ3) is 4.79. The topological polar surface area (TPSA) is 97.1 Å². The van der Waals surface area contributed by atoms with Crippen molar-refractivity contribution in [3.63, 3.8) is 0 Å². The lowest BCUT2D eigenvalue weighted by Gasteiger charge is -2.08. The van der Waals surface area contributed by atoms with Crippen molar-refractivity contribution >= 4 is 28.3 Å². The predicted molar refractivity (Wildman–Crippen MR) is 91.6 cm³/mol. The largest absolute Gasteiger partial charge is 0.366 e. The minimum Gasteiger partial charge on any atom is -0.366 e. The van der Waals surface area contributed by atoms with E-state index in [1.165, 1.54) is 11.3 Å². The summed E-state index contributed by atoms with van der Waals surface area (Å²) >= 11 is 1.32. The van der Waals surface area contributed by atoms with Crippen LogP contribution in [0.2, 0.25) is 0 Å². The summed E-state index contributed by atoms with van der Waals surface area (Å²) in [6, 6.07) is 7.20. The van der Waals surface area contributed by atoms with E-state index in [-0.39, 0.29) is 5.91 Å². The lowest BCUT2D eigenvalue weighted by atomic mass is 10.1. The molecule has 2 aromatic rings. The normalized spacial score (nSPS) is 11.7. The summed E-state index contributed by atoms with van der Waals surface area (Å²) in [5.74, 6) is -0.675. The highest BCUT2D eigenvalue weighted by Gasteiger charge is 2.11. The smallest absolute Gasteiger partial charge is 0.263 e. The highest BCUT2D eigenvalue weighted by molar-refractivity contribution is 7.17. The highest BCUT2D eigenvalue weighted by Crippen LogP contribution is 2.19. The fourth-order valence-electron chi connectivity index (χ4n) is 1.86. The SMILES string of the molecule is CC[C@@H](C)Nc1ncc(C(=O)NCc2cccc(C(N)=O)c2)s1. The quantitative estimate of drug-likeness (QED) is 0.725. The summed E-state index contributed by atoms with van der Waals surface area (Å²) in [6.45, 7) is 4.47. The van der Waals surface area contributed by atoms with Crippen LogP contribution >= 0.6 is 11.3 Å². The maximum absolute atomic E-state index is 12.1. The van der Waals surface area contributed by atoms with Gasteiger partial charge < -0.3 is 16.4 Å². The Hall–Kier alpha value is -2.41. The fraction of sp³-hybridized carbons (Fsp3) is 0.312. The van der Waals surface area contributed by atoms with E-state index in [1.807, 2.05) is 6.07 Å². The molecule has 122 valence electrons. The molecular weight excluding hydrogens is 312 g/mol. The van der Waals surface area contributed by atoms with Crippen LogP contribution in [0.1, 0.15) is 45.9 Å². The van der Waals surface area contributed by atoms with E-state index in [2.05, 4.69) is 29.5 Å². The van der Waals surface area contributed by atoms with Crippen molar-refractivity contribution in [2.75, 3.05) is 5.32 Å². The Balaban J connectivity index is 1.94. The molecule has 6 nitrogen and oxygen atoms in total. The van der Waals surface area contributed by atoms with Crippen LogP contribution in [-0.4, -0.2) is 22.8 Å². The van der Waals surface area contributed by atoms with Gasteiger partial charge in [-0.1, -0.05) is 30.4 Å². The number of anilines is 1. The lowest BCUT2D eigenvalue weighted by molar-refractivity contribution is 0.0954. The van der Waals surface area contributed by atoms with Gasteiger partial charge in [-0.3, -0.25) is 9.59 Å². The first-order valence-corrected chi connectivity index (χ1v) is 8.20. The molecule has 0 saturated heterocycles. The Kier molecular flexibility index (Phi) is 5.70. The molecule has 23 heavy (non-hydrogen) atoms. The summed E-state index contributed by atoms with van der Waals surface area (Å²) in [6.07, 6.45) is 2.54. The van der Waals surface area contributed by atoms with Gasteiger partial charge in [-0.25, -0.2) is 4.98 Å². The van der Waals surface area contributed by atoms with Gasteiger partial charge in [0.25, 0.3) is 5.91 Å². The molecule has 4 N–H and O–H groups in total. The molecule has 0 fully saturated rings. The van der Waals surface area contributed by atoms with Gasteiger partial charge >= 0.3 is 0 Å². The van der Waals surface area contributed by atoms with Crippen LogP contribution < -0.4 is 16.4 Å². The van der Waals surface area contributed by atoms with Crippen molar-refractivity contribution < 1.29 is 9.59 Å². The zero-order chi connectivity index (χ0) is 16.8. The van der Waals surface area contributed by atoms with E-state index in [9.17, 15) is 9.59 Å². The van der Waals surface area contributed by atoms with Crippen LogP contribution in [0.3, 0.4) is 0 Å². The van der Waals surface area contributed by atoms with Gasteiger partial charge in [0, 0.05) is 18.2 Å². The van der Waals surface area contributed by atoms with Gasteiger partial charge in [-0.15, -0.1) is 0 Å². The van der Waals surface area contributed by atoms with Crippen LogP contribution in [0, 0.1) is 0 Å². The standard InChI is InChI=1S/C16H20N4O2S/c1-3-10(2)20-16-19-9-13(23-16)15(22)18-8-11-5-4-6-12(7-11)14(17)21/h4-7,9-10H,3,8H2,1-2H3,(H2,17,21)(H,18,22)(H,19,20)/t10-/m1/s1. The van der Waals surface area contributed by atoms with Crippen molar-refractivity contribution in [1.82, 2.24) is 10.3 Å². The molecule has 2 rings (SSSR count). The highest BCUT2D eigenvalue weighted by atomic mass is 32.1. The van der Waals surface area contributed by atoms with Crippen LogP contribution in [-0.2, 0) is 6.54 Å². The number of carbonyl (C=O) groups excluding carboxylic acids is 2. The monoisotopic (exact) mass is 332 g/mol. The Morgan fingerprint density at radius 2 is 2.17 bits per heavy atom. The maximum atomic E-state index is 12.1. The number of hydrogen-bond donors (Lipinski definition) is 3. The predicted octanol–water partition coefficient (Wildman–Crippen LogP) is 2.38. The Morgan fingerprint density at radius 1 is 1.39 bits per heavy atom. The number of rotatable bonds is 7.